The topological polar surface area (TPSA) is 99.3 Å². The van der Waals surface area contributed by atoms with E-state index in [1.165, 1.54) is 6.42 Å². The molecule has 0 aliphatic heterocycles. The molecule has 2 rings (SSSR count). The minimum Gasteiger partial charge on any atom is -0.355 e. The van der Waals surface area contributed by atoms with Crippen LogP contribution in [0, 0.1) is 6.92 Å². The van der Waals surface area contributed by atoms with Crippen LogP contribution >= 0.6 is 0 Å². The van der Waals surface area contributed by atoms with Crippen LogP contribution in [0.4, 0.5) is 10.5 Å². The van der Waals surface area contributed by atoms with Crippen LogP contribution in [0.2, 0.25) is 0 Å². The van der Waals surface area contributed by atoms with Crippen molar-refractivity contribution in [1.82, 2.24) is 16.0 Å². The fraction of sp³-hybridized carbons (Fsp3) is 0.550. The third kappa shape index (κ3) is 6.27. The van der Waals surface area contributed by atoms with E-state index in [4.69, 9.17) is 0 Å². The van der Waals surface area contributed by atoms with Crippen molar-refractivity contribution in [3.05, 3.63) is 29.3 Å². The summed E-state index contributed by atoms with van der Waals surface area (Å²) >= 11 is 0. The summed E-state index contributed by atoms with van der Waals surface area (Å²) in [6.07, 6.45) is 5.64. The standard InChI is InChI=1S/C20H30N4O3/c1-4-21-18(25)14(3)22-20(27)24-17-11-10-15(12-13(17)2)19(26)23-16-8-6-5-7-9-16/h10-12,14,16H,4-9H2,1-3H3,(H,21,25)(H,23,26)(H2,22,24,27)/t14-/m0/s1. The summed E-state index contributed by atoms with van der Waals surface area (Å²) in [5.74, 6) is -0.315. The Labute approximate surface area is 160 Å². The molecule has 27 heavy (non-hydrogen) atoms. The Balaban J connectivity index is 1.92. The van der Waals surface area contributed by atoms with Gasteiger partial charge in [-0.3, -0.25) is 9.59 Å². The molecule has 1 aromatic carbocycles. The van der Waals surface area contributed by atoms with Crippen molar-refractivity contribution in [2.45, 2.75) is 65.0 Å². The van der Waals surface area contributed by atoms with Crippen LogP contribution in [0.3, 0.4) is 0 Å². The quantitative estimate of drug-likeness (QED) is 0.616. The number of hydrogen-bond donors (Lipinski definition) is 4. The Kier molecular flexibility index (Phi) is 7.64. The van der Waals surface area contributed by atoms with Crippen molar-refractivity contribution in [3.63, 3.8) is 0 Å². The molecular formula is C20H30N4O3. The van der Waals surface area contributed by atoms with Gasteiger partial charge in [0.25, 0.3) is 5.91 Å². The van der Waals surface area contributed by atoms with E-state index in [1.54, 1.807) is 25.1 Å². The van der Waals surface area contributed by atoms with Crippen molar-refractivity contribution in [2.75, 3.05) is 11.9 Å². The molecule has 1 aromatic rings. The number of hydrogen-bond acceptors (Lipinski definition) is 3. The monoisotopic (exact) mass is 374 g/mol. The molecule has 0 spiro atoms. The number of urea groups is 1. The number of likely N-dealkylation sites (N-methyl/N-ethyl adjacent to an activating group) is 1. The second-order valence-corrected chi connectivity index (χ2v) is 7.05. The van der Waals surface area contributed by atoms with Crippen molar-refractivity contribution >= 4 is 23.5 Å². The molecule has 1 fully saturated rings. The van der Waals surface area contributed by atoms with Crippen molar-refractivity contribution in [2.24, 2.45) is 0 Å². The van der Waals surface area contributed by atoms with Crippen LogP contribution in [0.25, 0.3) is 0 Å². The number of carbonyl (C=O) groups is 3. The zero-order chi connectivity index (χ0) is 19.8. The Morgan fingerprint density at radius 3 is 2.48 bits per heavy atom. The van der Waals surface area contributed by atoms with Gasteiger partial charge in [0.1, 0.15) is 6.04 Å². The maximum absolute atomic E-state index is 12.4. The highest BCUT2D eigenvalue weighted by Crippen LogP contribution is 2.20. The molecule has 0 saturated heterocycles. The molecule has 7 heteroatoms. The molecule has 0 heterocycles. The number of aryl methyl sites for hydroxylation is 1. The fourth-order valence-electron chi connectivity index (χ4n) is 3.21. The van der Waals surface area contributed by atoms with Gasteiger partial charge in [-0.05, 0) is 57.4 Å². The van der Waals surface area contributed by atoms with E-state index >= 15 is 0 Å². The van der Waals surface area contributed by atoms with Crippen LogP contribution in [-0.2, 0) is 4.79 Å². The van der Waals surface area contributed by atoms with Gasteiger partial charge in [-0.1, -0.05) is 19.3 Å². The predicted molar refractivity (Wildman–Crippen MR) is 106 cm³/mol. The number of rotatable bonds is 6. The number of amides is 4. The van der Waals surface area contributed by atoms with Gasteiger partial charge in [0.15, 0.2) is 0 Å². The molecule has 0 aromatic heterocycles. The molecule has 7 nitrogen and oxygen atoms in total. The summed E-state index contributed by atoms with van der Waals surface area (Å²) in [5.41, 5.74) is 1.97. The minimum absolute atomic E-state index is 0.0779. The molecule has 4 amide bonds. The lowest BCUT2D eigenvalue weighted by Gasteiger charge is -2.23. The van der Waals surface area contributed by atoms with E-state index < -0.39 is 12.1 Å². The van der Waals surface area contributed by atoms with Gasteiger partial charge in [-0.2, -0.15) is 0 Å². The minimum atomic E-state index is -0.634. The van der Waals surface area contributed by atoms with E-state index in [9.17, 15) is 14.4 Å². The maximum atomic E-state index is 12.4. The Bertz CT molecular complexity index is 684. The largest absolute Gasteiger partial charge is 0.355 e. The van der Waals surface area contributed by atoms with Crippen molar-refractivity contribution < 1.29 is 14.4 Å². The lowest BCUT2D eigenvalue weighted by atomic mass is 9.95. The number of benzene rings is 1. The smallest absolute Gasteiger partial charge is 0.319 e. The summed E-state index contributed by atoms with van der Waals surface area (Å²) in [4.78, 5) is 36.2. The normalized spacial score (nSPS) is 15.5. The van der Waals surface area contributed by atoms with Gasteiger partial charge in [0.05, 0.1) is 0 Å². The van der Waals surface area contributed by atoms with Crippen LogP contribution in [0.15, 0.2) is 18.2 Å². The summed E-state index contributed by atoms with van der Waals surface area (Å²) in [6.45, 7) is 5.78. The molecule has 1 aliphatic carbocycles. The first-order valence-electron chi connectivity index (χ1n) is 9.67. The van der Waals surface area contributed by atoms with Crippen molar-refractivity contribution in [3.8, 4) is 0 Å². The number of anilines is 1. The third-order valence-corrected chi connectivity index (χ3v) is 4.77. The SMILES string of the molecule is CCNC(=O)[C@H](C)NC(=O)Nc1ccc(C(=O)NC2CCCCC2)cc1C. The summed E-state index contributed by atoms with van der Waals surface area (Å²) in [5, 5.41) is 11.1. The van der Waals surface area contributed by atoms with Crippen LogP contribution in [0.1, 0.15) is 61.9 Å². The third-order valence-electron chi connectivity index (χ3n) is 4.77. The van der Waals surface area contributed by atoms with Gasteiger partial charge in [0, 0.05) is 23.8 Å². The molecule has 0 radical (unpaired) electrons. The van der Waals surface area contributed by atoms with Crippen LogP contribution in [0.5, 0.6) is 0 Å². The van der Waals surface area contributed by atoms with E-state index in [2.05, 4.69) is 21.3 Å². The zero-order valence-electron chi connectivity index (χ0n) is 16.4. The average molecular weight is 374 g/mol. The molecular weight excluding hydrogens is 344 g/mol. The highest BCUT2D eigenvalue weighted by Gasteiger charge is 2.18. The van der Waals surface area contributed by atoms with Gasteiger partial charge >= 0.3 is 6.03 Å². The molecule has 1 atom stereocenters. The first kappa shape index (κ1) is 20.7. The van der Waals surface area contributed by atoms with Crippen molar-refractivity contribution in [1.29, 1.82) is 0 Å². The fourth-order valence-corrected chi connectivity index (χ4v) is 3.21. The zero-order valence-corrected chi connectivity index (χ0v) is 16.4. The van der Waals surface area contributed by atoms with Gasteiger partial charge < -0.3 is 21.3 Å². The Morgan fingerprint density at radius 2 is 1.85 bits per heavy atom. The summed E-state index contributed by atoms with van der Waals surface area (Å²) in [7, 11) is 0. The van der Waals surface area contributed by atoms with E-state index in [-0.39, 0.29) is 17.9 Å². The second-order valence-electron chi connectivity index (χ2n) is 7.05. The molecule has 1 saturated carbocycles. The first-order chi connectivity index (χ1) is 12.9. The second kappa shape index (κ2) is 9.94. The van der Waals surface area contributed by atoms with Gasteiger partial charge in [0.2, 0.25) is 5.91 Å². The lowest BCUT2D eigenvalue weighted by Crippen LogP contribution is -2.46. The highest BCUT2D eigenvalue weighted by molar-refractivity contribution is 5.97. The Hall–Kier alpha value is -2.57. The molecule has 0 bridgehead atoms. The van der Waals surface area contributed by atoms with E-state index in [0.717, 1.165) is 31.2 Å². The van der Waals surface area contributed by atoms with Crippen LogP contribution < -0.4 is 21.3 Å². The molecule has 1 aliphatic rings. The Morgan fingerprint density at radius 1 is 1.15 bits per heavy atom. The van der Waals surface area contributed by atoms with Crippen LogP contribution in [-0.4, -0.2) is 36.5 Å². The predicted octanol–water partition coefficient (Wildman–Crippen LogP) is 2.70. The molecule has 148 valence electrons. The molecule has 4 N–H and O–H groups in total. The lowest BCUT2D eigenvalue weighted by molar-refractivity contribution is -0.122. The average Bonchev–Trinajstić information content (AvgIpc) is 2.64. The maximum Gasteiger partial charge on any atom is 0.319 e. The first-order valence-corrected chi connectivity index (χ1v) is 9.67. The van der Waals surface area contributed by atoms with E-state index in [1.807, 2.05) is 13.8 Å². The number of carbonyl (C=O) groups excluding carboxylic acids is 3. The summed E-state index contributed by atoms with van der Waals surface area (Å²) in [6, 6.07) is 4.34. The summed E-state index contributed by atoms with van der Waals surface area (Å²) < 4.78 is 0. The van der Waals surface area contributed by atoms with Gasteiger partial charge in [-0.25, -0.2) is 4.79 Å². The molecule has 0 unspecified atom stereocenters. The van der Waals surface area contributed by atoms with Gasteiger partial charge in [-0.15, -0.1) is 0 Å². The van der Waals surface area contributed by atoms with E-state index in [0.29, 0.717) is 17.8 Å². The number of nitrogens with one attached hydrogen (secondary N) is 4. The highest BCUT2D eigenvalue weighted by atomic mass is 16.2.